The fraction of sp³-hybridized carbons (Fsp3) is 0.404. The molecule has 2 aromatic heterocycles. The smallest absolute Gasteiger partial charge is 0.418 e. The van der Waals surface area contributed by atoms with Crippen LogP contribution in [0.3, 0.4) is 0 Å². The highest BCUT2D eigenvalue weighted by atomic mass is 31.2. The molecule has 0 spiro atoms. The molecule has 15 nitrogen and oxygen atoms in total. The summed E-state index contributed by atoms with van der Waals surface area (Å²) in [4.78, 5) is 42.9. The average Bonchev–Trinajstić information content (AvgIpc) is 3.99. The number of carbonyl (C=O) groups excluding carboxylic acids is 1. The molecule has 0 aliphatic carbocycles. The lowest BCUT2D eigenvalue weighted by Gasteiger charge is -2.37. The van der Waals surface area contributed by atoms with Crippen molar-refractivity contribution in [3.05, 3.63) is 141 Å². The van der Waals surface area contributed by atoms with E-state index in [1.807, 2.05) is 99.6 Å². The number of aromatic nitrogens is 3. The molecule has 332 valence electrons. The highest BCUT2D eigenvalue weighted by molar-refractivity contribution is 7.45. The van der Waals surface area contributed by atoms with Crippen LogP contribution in [0.5, 0.6) is 11.5 Å². The summed E-state index contributed by atoms with van der Waals surface area (Å²) < 4.78 is 48.9. The van der Waals surface area contributed by atoms with Gasteiger partial charge in [0.15, 0.2) is 0 Å². The van der Waals surface area contributed by atoms with Gasteiger partial charge in [-0.3, -0.25) is 18.9 Å². The van der Waals surface area contributed by atoms with Crippen LogP contribution in [0.1, 0.15) is 77.3 Å². The summed E-state index contributed by atoms with van der Waals surface area (Å²) in [7, 11) is 1.53. The predicted octanol–water partition coefficient (Wildman–Crippen LogP) is 8.13. The molecule has 4 heterocycles. The van der Waals surface area contributed by atoms with E-state index in [1.165, 1.54) is 21.5 Å². The van der Waals surface area contributed by atoms with Gasteiger partial charge in [-0.05, 0) is 94.6 Å². The van der Waals surface area contributed by atoms with Crippen LogP contribution < -0.4 is 20.7 Å². The number of ether oxygens (including phenoxy) is 5. The molecule has 6 atom stereocenters. The third-order valence-corrected chi connectivity index (χ3v) is 13.2. The molecular weight excluding hydrogens is 826 g/mol. The van der Waals surface area contributed by atoms with Crippen molar-refractivity contribution >= 4 is 14.6 Å². The Kier molecular flexibility index (Phi) is 13.7. The molecule has 2 aliphatic heterocycles. The lowest BCUT2D eigenvalue weighted by atomic mass is 9.80. The lowest BCUT2D eigenvalue weighted by Crippen LogP contribution is -2.39. The van der Waals surface area contributed by atoms with Crippen molar-refractivity contribution < 1.29 is 37.5 Å². The van der Waals surface area contributed by atoms with E-state index in [1.54, 1.807) is 47.1 Å². The van der Waals surface area contributed by atoms with Crippen LogP contribution in [-0.4, -0.2) is 81.7 Å². The van der Waals surface area contributed by atoms with Gasteiger partial charge in [-0.15, -0.1) is 0 Å². The van der Waals surface area contributed by atoms with Gasteiger partial charge in [-0.1, -0.05) is 54.6 Å². The fourth-order valence-corrected chi connectivity index (χ4v) is 10.1. The summed E-state index contributed by atoms with van der Waals surface area (Å²) >= 11 is 0. The Hall–Kier alpha value is -5.59. The van der Waals surface area contributed by atoms with Crippen molar-refractivity contribution in [2.45, 2.75) is 102 Å². The molecule has 5 aromatic rings. The van der Waals surface area contributed by atoms with Gasteiger partial charge in [-0.25, -0.2) is 14.3 Å². The molecule has 16 heteroatoms. The molecule has 0 radical (unpaired) electrons. The van der Waals surface area contributed by atoms with E-state index in [2.05, 4.69) is 15.7 Å². The predicted molar refractivity (Wildman–Crippen MR) is 237 cm³/mol. The number of aromatic amines is 1. The van der Waals surface area contributed by atoms with Crippen LogP contribution in [0, 0.1) is 11.3 Å². The molecule has 3 aromatic carbocycles. The lowest BCUT2D eigenvalue weighted by molar-refractivity contribution is -0.0920. The maximum atomic E-state index is 13.8. The number of hydrogen-bond acceptors (Lipinski definition) is 12. The zero-order valence-electron chi connectivity index (χ0n) is 36.7. The van der Waals surface area contributed by atoms with Gasteiger partial charge in [0.1, 0.15) is 35.0 Å². The van der Waals surface area contributed by atoms with Gasteiger partial charge in [0.05, 0.1) is 56.8 Å². The highest BCUT2D eigenvalue weighted by Gasteiger charge is 2.49. The van der Waals surface area contributed by atoms with E-state index in [9.17, 15) is 19.6 Å². The first kappa shape index (κ1) is 45.4. The SMILES string of the molecule is COc1ccc(C(OCC2O[C@@H](n3cc(-c4cccn4C(=O)OC(C)(C)C)c(=O)[nH]c3=O)C[C@H]2OP2OC(CC#N)C(C)N2C(C)C)(c2ccccc2)c2ccc(OC)cc2)cc1. The Morgan fingerprint density at radius 3 is 2.10 bits per heavy atom. The Morgan fingerprint density at radius 1 is 0.905 bits per heavy atom. The van der Waals surface area contributed by atoms with Crippen LogP contribution in [0.2, 0.25) is 0 Å². The van der Waals surface area contributed by atoms with Crippen LogP contribution in [0.25, 0.3) is 11.3 Å². The number of rotatable bonds is 14. The molecule has 0 saturated carbocycles. The maximum absolute atomic E-state index is 13.8. The number of nitrogens with one attached hydrogen (secondary N) is 1. The van der Waals surface area contributed by atoms with Crippen LogP contribution in [0.15, 0.2) is 113 Å². The van der Waals surface area contributed by atoms with Gasteiger partial charge in [0, 0.05) is 30.9 Å². The maximum Gasteiger partial charge on any atom is 0.418 e. The van der Waals surface area contributed by atoms with E-state index in [0.717, 1.165) is 16.7 Å². The van der Waals surface area contributed by atoms with Gasteiger partial charge in [0.2, 0.25) is 0 Å². The first-order chi connectivity index (χ1) is 30.2. The van der Waals surface area contributed by atoms with E-state index in [4.69, 9.17) is 32.7 Å². The number of methoxy groups -OCH3 is 2. The molecule has 7 rings (SSSR count). The highest BCUT2D eigenvalue weighted by Crippen LogP contribution is 2.56. The average molecular weight is 880 g/mol. The number of hydrogen-bond donors (Lipinski definition) is 1. The first-order valence-electron chi connectivity index (χ1n) is 20.9. The Morgan fingerprint density at radius 2 is 1.52 bits per heavy atom. The van der Waals surface area contributed by atoms with Crippen molar-refractivity contribution in [2.24, 2.45) is 0 Å². The molecule has 4 unspecified atom stereocenters. The molecule has 0 bridgehead atoms. The normalized spacial score (nSPS) is 21.7. The molecule has 63 heavy (non-hydrogen) atoms. The summed E-state index contributed by atoms with van der Waals surface area (Å²) in [6, 6.07) is 30.6. The second-order valence-electron chi connectivity index (χ2n) is 16.7. The second-order valence-corrected chi connectivity index (χ2v) is 18.1. The van der Waals surface area contributed by atoms with Gasteiger partial charge in [-0.2, -0.15) is 5.26 Å². The van der Waals surface area contributed by atoms with E-state index in [0.29, 0.717) is 11.5 Å². The third kappa shape index (κ3) is 9.53. The van der Waals surface area contributed by atoms with Crippen LogP contribution >= 0.6 is 8.53 Å². The van der Waals surface area contributed by atoms with Crippen molar-refractivity contribution in [1.29, 1.82) is 5.26 Å². The summed E-state index contributed by atoms with van der Waals surface area (Å²) in [5.74, 6) is 1.35. The van der Waals surface area contributed by atoms with E-state index >= 15 is 0 Å². The Bertz CT molecular complexity index is 2460. The van der Waals surface area contributed by atoms with Crippen molar-refractivity contribution in [2.75, 3.05) is 20.8 Å². The third-order valence-electron chi connectivity index (χ3n) is 11.1. The quantitative estimate of drug-likeness (QED) is 0.0842. The minimum Gasteiger partial charge on any atom is -0.497 e. The summed E-state index contributed by atoms with van der Waals surface area (Å²) in [5, 5.41) is 9.65. The Labute approximate surface area is 368 Å². The van der Waals surface area contributed by atoms with Crippen LogP contribution in [-0.2, 0) is 28.9 Å². The monoisotopic (exact) mass is 879 g/mol. The zero-order valence-corrected chi connectivity index (χ0v) is 37.6. The molecule has 1 N–H and O–H groups in total. The topological polar surface area (TPSA) is 168 Å². The van der Waals surface area contributed by atoms with Crippen LogP contribution in [0.4, 0.5) is 4.79 Å². The fourth-order valence-electron chi connectivity index (χ4n) is 8.10. The zero-order chi connectivity index (χ0) is 45.1. The minimum absolute atomic E-state index is 0.0177. The number of benzene rings is 3. The van der Waals surface area contributed by atoms with E-state index in [-0.39, 0.29) is 48.9 Å². The molecule has 2 fully saturated rings. The molecule has 2 aliphatic rings. The molecule has 0 amide bonds. The van der Waals surface area contributed by atoms with Crippen molar-refractivity contribution in [3.8, 4) is 28.8 Å². The molecular formula is C47H54N5O10P. The van der Waals surface area contributed by atoms with Crippen molar-refractivity contribution in [1.82, 2.24) is 18.8 Å². The number of nitriles is 1. The standard InChI is InChI=1S/C47H54N5O10P/c1-30(2)52-31(3)39(24-25-48)61-63(52)62-40-27-42(51-28-37(43(53)49-44(51)54)38-15-12-26-50(38)45(55)60-46(4,5)6)59-41(40)29-58-47(32-13-10-9-11-14-32,33-16-20-35(56-7)21-17-33)34-18-22-36(57-8)23-19-34/h9-23,26,28,30-31,39-42H,24,27,29H2,1-8H3,(H,49,53,54)/t31?,39?,40-,41?,42-,63?/m1/s1. The first-order valence-corrected chi connectivity index (χ1v) is 22.0. The summed E-state index contributed by atoms with van der Waals surface area (Å²) in [5.41, 5.74) is -0.669. The number of carbonyl (C=O) groups is 1. The minimum atomic E-state index is -1.70. The van der Waals surface area contributed by atoms with Crippen molar-refractivity contribution in [3.63, 3.8) is 0 Å². The summed E-state index contributed by atoms with van der Waals surface area (Å²) in [6.45, 7) is 11.3. The van der Waals surface area contributed by atoms with Gasteiger partial charge < -0.3 is 32.7 Å². The largest absolute Gasteiger partial charge is 0.497 e. The second kappa shape index (κ2) is 19.0. The van der Waals surface area contributed by atoms with Gasteiger partial charge in [0.25, 0.3) is 14.1 Å². The van der Waals surface area contributed by atoms with Gasteiger partial charge >= 0.3 is 11.8 Å². The molecule has 2 saturated heterocycles. The van der Waals surface area contributed by atoms with E-state index < -0.39 is 55.5 Å². The number of H-pyrrole nitrogens is 1. The number of nitrogens with zero attached hydrogens (tertiary/aromatic N) is 4. The Balaban J connectivity index is 1.31. The summed E-state index contributed by atoms with van der Waals surface area (Å²) in [6.07, 6.45) is -0.286.